The van der Waals surface area contributed by atoms with Crippen molar-refractivity contribution < 1.29 is 4.79 Å². The third-order valence-corrected chi connectivity index (χ3v) is 4.78. The molecule has 0 saturated heterocycles. The molecule has 4 nitrogen and oxygen atoms in total. The second-order valence-electron chi connectivity index (χ2n) is 6.36. The van der Waals surface area contributed by atoms with E-state index in [1.807, 2.05) is 43.3 Å². The highest BCUT2D eigenvalue weighted by atomic mass is 35.5. The molecule has 5 heteroatoms. The summed E-state index contributed by atoms with van der Waals surface area (Å²) in [6.45, 7) is 6.44. The first kappa shape index (κ1) is 18.2. The zero-order valence-corrected chi connectivity index (χ0v) is 16.0. The topological polar surface area (TPSA) is 46.9 Å². The maximum atomic E-state index is 12.8. The van der Waals surface area contributed by atoms with Gasteiger partial charge >= 0.3 is 0 Å². The summed E-state index contributed by atoms with van der Waals surface area (Å²) < 4.78 is 1.67. The molecule has 0 radical (unpaired) electrons. The van der Waals surface area contributed by atoms with Crippen molar-refractivity contribution in [2.75, 3.05) is 5.32 Å². The van der Waals surface area contributed by atoms with Gasteiger partial charge in [-0.2, -0.15) is 5.10 Å². The molecule has 2 aromatic carbocycles. The maximum Gasteiger partial charge on any atom is 0.260 e. The first-order valence-electron chi connectivity index (χ1n) is 8.67. The van der Waals surface area contributed by atoms with E-state index in [2.05, 4.69) is 29.5 Å². The second kappa shape index (κ2) is 7.75. The van der Waals surface area contributed by atoms with Gasteiger partial charge in [-0.15, -0.1) is 0 Å². The Morgan fingerprint density at radius 1 is 1.12 bits per heavy atom. The summed E-state index contributed by atoms with van der Waals surface area (Å²) >= 11 is 6.49. The molecule has 0 fully saturated rings. The van der Waals surface area contributed by atoms with Gasteiger partial charge in [0.25, 0.3) is 5.91 Å². The van der Waals surface area contributed by atoms with E-state index >= 15 is 0 Å². The first-order chi connectivity index (χ1) is 12.5. The fourth-order valence-corrected chi connectivity index (χ4v) is 3.24. The predicted molar refractivity (Wildman–Crippen MR) is 106 cm³/mol. The number of para-hydroxylation sites is 1. The summed E-state index contributed by atoms with van der Waals surface area (Å²) in [5.74, 6) is -0.233. The van der Waals surface area contributed by atoms with Crippen LogP contribution in [0.15, 0.2) is 48.5 Å². The Bertz CT molecular complexity index is 929. The molecule has 0 saturated carbocycles. The fourth-order valence-electron chi connectivity index (χ4n) is 2.92. The van der Waals surface area contributed by atoms with E-state index < -0.39 is 0 Å². The average molecular weight is 368 g/mol. The number of aryl methyl sites for hydroxylation is 3. The van der Waals surface area contributed by atoms with Gasteiger partial charge < -0.3 is 5.32 Å². The van der Waals surface area contributed by atoms with Crippen molar-refractivity contribution in [2.45, 2.75) is 33.7 Å². The van der Waals surface area contributed by atoms with Crippen LogP contribution in [0.1, 0.15) is 39.7 Å². The van der Waals surface area contributed by atoms with Crippen molar-refractivity contribution in [3.63, 3.8) is 0 Å². The van der Waals surface area contributed by atoms with E-state index in [-0.39, 0.29) is 5.91 Å². The number of carbonyl (C=O) groups is 1. The summed E-state index contributed by atoms with van der Waals surface area (Å²) in [5, 5.41) is 7.78. The van der Waals surface area contributed by atoms with Gasteiger partial charge in [0.15, 0.2) is 0 Å². The quantitative estimate of drug-likeness (QED) is 0.688. The van der Waals surface area contributed by atoms with E-state index in [1.165, 1.54) is 5.56 Å². The van der Waals surface area contributed by atoms with Gasteiger partial charge in [-0.3, -0.25) is 4.79 Å². The zero-order chi connectivity index (χ0) is 18.7. The molecule has 1 N–H and O–H groups in total. The second-order valence-corrected chi connectivity index (χ2v) is 6.72. The van der Waals surface area contributed by atoms with Crippen molar-refractivity contribution in [1.82, 2.24) is 9.78 Å². The minimum absolute atomic E-state index is 0.233. The molecule has 1 heterocycles. The molecule has 0 aliphatic rings. The van der Waals surface area contributed by atoms with Crippen LogP contribution in [-0.2, 0) is 13.0 Å². The molecule has 1 amide bonds. The number of anilines is 1. The third-order valence-electron chi connectivity index (χ3n) is 4.39. The molecular formula is C21H22ClN3O. The Balaban J connectivity index is 1.85. The number of rotatable bonds is 5. The number of hydrogen-bond acceptors (Lipinski definition) is 2. The smallest absolute Gasteiger partial charge is 0.260 e. The van der Waals surface area contributed by atoms with E-state index in [0.717, 1.165) is 23.2 Å². The van der Waals surface area contributed by atoms with Crippen LogP contribution in [0.4, 0.5) is 5.69 Å². The molecule has 0 unspecified atom stereocenters. The number of amides is 1. The van der Waals surface area contributed by atoms with Crippen LogP contribution < -0.4 is 5.32 Å². The van der Waals surface area contributed by atoms with E-state index in [1.54, 1.807) is 11.6 Å². The van der Waals surface area contributed by atoms with Gasteiger partial charge in [0.2, 0.25) is 0 Å². The van der Waals surface area contributed by atoms with E-state index in [9.17, 15) is 4.79 Å². The highest BCUT2D eigenvalue weighted by Crippen LogP contribution is 2.24. The van der Waals surface area contributed by atoms with Gasteiger partial charge in [0.05, 0.1) is 17.8 Å². The Morgan fingerprint density at radius 2 is 1.81 bits per heavy atom. The molecular weight excluding hydrogens is 346 g/mol. The SMILES string of the molecule is CCc1ccccc1NC(=O)c1c(C)nn(Cc2ccc(C)cc2)c1Cl. The number of hydrogen-bond donors (Lipinski definition) is 1. The lowest BCUT2D eigenvalue weighted by molar-refractivity contribution is 0.102. The Kier molecular flexibility index (Phi) is 5.43. The molecule has 0 aliphatic carbocycles. The monoisotopic (exact) mass is 367 g/mol. The Labute approximate surface area is 158 Å². The van der Waals surface area contributed by atoms with Crippen LogP contribution in [0.5, 0.6) is 0 Å². The molecule has 0 spiro atoms. The number of halogens is 1. The third kappa shape index (κ3) is 3.81. The standard InChI is InChI=1S/C21H22ClN3O/c1-4-17-7-5-6-8-18(17)23-21(26)19-15(3)24-25(20(19)22)13-16-11-9-14(2)10-12-16/h5-12H,4,13H2,1-3H3,(H,23,26). The molecule has 3 aromatic rings. The maximum absolute atomic E-state index is 12.8. The van der Waals surface area contributed by atoms with Crippen LogP contribution in [0.25, 0.3) is 0 Å². The molecule has 1 aromatic heterocycles. The van der Waals surface area contributed by atoms with E-state index in [0.29, 0.717) is 23.0 Å². The molecule has 0 aliphatic heterocycles. The summed E-state index contributed by atoms with van der Waals surface area (Å²) in [5.41, 5.74) is 5.22. The minimum atomic E-state index is -0.233. The van der Waals surface area contributed by atoms with E-state index in [4.69, 9.17) is 11.6 Å². The summed E-state index contributed by atoms with van der Waals surface area (Å²) in [4.78, 5) is 12.8. The number of benzene rings is 2. The lowest BCUT2D eigenvalue weighted by Crippen LogP contribution is -2.14. The minimum Gasteiger partial charge on any atom is -0.322 e. The molecule has 3 rings (SSSR count). The number of carbonyl (C=O) groups excluding carboxylic acids is 1. The zero-order valence-electron chi connectivity index (χ0n) is 15.2. The highest BCUT2D eigenvalue weighted by molar-refractivity contribution is 6.33. The highest BCUT2D eigenvalue weighted by Gasteiger charge is 2.21. The fraction of sp³-hybridized carbons (Fsp3) is 0.238. The van der Waals surface area contributed by atoms with Crippen molar-refractivity contribution in [3.05, 3.63) is 81.6 Å². The van der Waals surface area contributed by atoms with Crippen LogP contribution in [-0.4, -0.2) is 15.7 Å². The molecule has 0 atom stereocenters. The summed E-state index contributed by atoms with van der Waals surface area (Å²) in [6, 6.07) is 16.0. The van der Waals surface area contributed by atoms with Crippen molar-refractivity contribution >= 4 is 23.2 Å². The van der Waals surface area contributed by atoms with Gasteiger partial charge in [-0.05, 0) is 37.5 Å². The average Bonchev–Trinajstić information content (AvgIpc) is 2.91. The van der Waals surface area contributed by atoms with Crippen LogP contribution in [0.2, 0.25) is 5.15 Å². The normalized spacial score (nSPS) is 10.8. The largest absolute Gasteiger partial charge is 0.322 e. The number of nitrogens with zero attached hydrogens (tertiary/aromatic N) is 2. The van der Waals surface area contributed by atoms with Gasteiger partial charge in [-0.1, -0.05) is 66.6 Å². The number of nitrogens with one attached hydrogen (secondary N) is 1. The lowest BCUT2D eigenvalue weighted by atomic mass is 10.1. The Hall–Kier alpha value is -2.59. The van der Waals surface area contributed by atoms with Crippen molar-refractivity contribution in [3.8, 4) is 0 Å². The van der Waals surface area contributed by atoms with Crippen LogP contribution in [0.3, 0.4) is 0 Å². The molecule has 0 bridgehead atoms. The predicted octanol–water partition coefficient (Wildman–Crippen LogP) is 5.02. The van der Waals surface area contributed by atoms with Gasteiger partial charge in [0.1, 0.15) is 5.15 Å². The van der Waals surface area contributed by atoms with Crippen molar-refractivity contribution in [2.24, 2.45) is 0 Å². The lowest BCUT2D eigenvalue weighted by Gasteiger charge is -2.09. The van der Waals surface area contributed by atoms with Crippen LogP contribution in [0, 0.1) is 13.8 Å². The summed E-state index contributed by atoms with van der Waals surface area (Å²) in [6.07, 6.45) is 0.843. The van der Waals surface area contributed by atoms with Crippen molar-refractivity contribution in [1.29, 1.82) is 0 Å². The van der Waals surface area contributed by atoms with Gasteiger partial charge in [-0.25, -0.2) is 4.68 Å². The van der Waals surface area contributed by atoms with Crippen LogP contribution >= 0.6 is 11.6 Å². The Morgan fingerprint density at radius 3 is 2.50 bits per heavy atom. The summed E-state index contributed by atoms with van der Waals surface area (Å²) in [7, 11) is 0. The van der Waals surface area contributed by atoms with Gasteiger partial charge in [0, 0.05) is 5.69 Å². The molecule has 26 heavy (non-hydrogen) atoms. The molecule has 134 valence electrons. The number of aromatic nitrogens is 2. The first-order valence-corrected chi connectivity index (χ1v) is 9.05.